The molecule has 10 rings (SSSR count). The van der Waals surface area contributed by atoms with Crippen LogP contribution in [-0.4, -0.2) is 107 Å². The van der Waals surface area contributed by atoms with Crippen molar-refractivity contribution in [3.63, 3.8) is 0 Å². The van der Waals surface area contributed by atoms with Gasteiger partial charge in [-0.25, -0.2) is 19.3 Å². The van der Waals surface area contributed by atoms with E-state index in [1.54, 1.807) is 18.5 Å². The van der Waals surface area contributed by atoms with Gasteiger partial charge in [0.1, 0.15) is 5.69 Å². The number of fused-ring (bicyclic) bond motifs is 2. The fraction of sp³-hybridized carbons (Fsp3) is 0.500. The van der Waals surface area contributed by atoms with E-state index in [0.29, 0.717) is 72.8 Å². The number of benzene rings is 2. The molecule has 0 amide bonds. The zero-order valence-corrected chi connectivity index (χ0v) is 33.0. The summed E-state index contributed by atoms with van der Waals surface area (Å²) in [6.07, 6.45) is 15.2. The molecule has 308 valence electrons. The fourth-order valence-corrected chi connectivity index (χ4v) is 8.41. The van der Waals surface area contributed by atoms with Gasteiger partial charge in [0.05, 0.1) is 55.8 Å². The first-order valence-corrected chi connectivity index (χ1v) is 20.8. The normalized spacial score (nSPS) is 18.1. The minimum Gasteiger partial charge on any atom is -0.378 e. The van der Waals surface area contributed by atoms with Gasteiger partial charge in [-0.1, -0.05) is 49.0 Å². The topological polar surface area (TPSA) is 205 Å². The van der Waals surface area contributed by atoms with Gasteiger partial charge in [-0.3, -0.25) is 10.1 Å². The highest BCUT2D eigenvalue weighted by molar-refractivity contribution is 5.74. The summed E-state index contributed by atoms with van der Waals surface area (Å²) in [6.45, 7) is 5.83. The summed E-state index contributed by atoms with van der Waals surface area (Å²) in [4.78, 5) is 33.7. The molecule has 0 spiro atoms. The van der Waals surface area contributed by atoms with Crippen LogP contribution in [0.25, 0.3) is 22.3 Å². The van der Waals surface area contributed by atoms with Gasteiger partial charge in [0.2, 0.25) is 11.9 Å². The predicted octanol–water partition coefficient (Wildman–Crippen LogP) is 6.52. The Kier molecular flexibility index (Phi) is 11.6. The molecule has 0 atom stereocenters. The molecular weight excluding hydrogens is 755 g/mol. The summed E-state index contributed by atoms with van der Waals surface area (Å²) in [5.41, 5.74) is 6.26. The molecule has 0 unspecified atom stereocenters. The van der Waals surface area contributed by atoms with Gasteiger partial charge in [0, 0.05) is 49.3 Å². The number of nitro groups is 1. The van der Waals surface area contributed by atoms with Crippen molar-refractivity contribution in [2.24, 2.45) is 0 Å². The summed E-state index contributed by atoms with van der Waals surface area (Å²) in [5.74, 6) is 0.936. The van der Waals surface area contributed by atoms with Gasteiger partial charge in [-0.15, -0.1) is 10.2 Å². The third-order valence-electron chi connectivity index (χ3n) is 11.6. The molecule has 6 aromatic rings. The SMILES string of the molecule is O=[N+]([O-])c1cc(Nc2ncc3nnn(C4CCCCC4)c3n2)ccc1N1CCOCC1.c1cc(N2CCOCC2)ccc1Nc1ncc2nnn(C3CCCCC3)c2n1. The number of aromatic nitrogens is 10. The van der Waals surface area contributed by atoms with Gasteiger partial charge in [-0.2, -0.15) is 9.97 Å². The number of morpholine rings is 2. The van der Waals surface area contributed by atoms with Gasteiger partial charge in [-0.05, 0) is 62.1 Å². The molecular formula is C40H49N15O4. The molecule has 2 aliphatic carbocycles. The molecule has 2 aliphatic heterocycles. The van der Waals surface area contributed by atoms with Crippen LogP contribution in [0.5, 0.6) is 0 Å². The van der Waals surface area contributed by atoms with Crippen molar-refractivity contribution in [2.45, 2.75) is 76.3 Å². The Labute approximate surface area is 340 Å². The predicted molar refractivity (Wildman–Crippen MR) is 223 cm³/mol. The van der Waals surface area contributed by atoms with Crippen molar-refractivity contribution in [3.05, 3.63) is 65.0 Å². The van der Waals surface area contributed by atoms with Gasteiger partial charge in [0.15, 0.2) is 22.3 Å². The van der Waals surface area contributed by atoms with Crippen LogP contribution in [0.2, 0.25) is 0 Å². The van der Waals surface area contributed by atoms with Crippen molar-refractivity contribution in [1.82, 2.24) is 49.9 Å². The van der Waals surface area contributed by atoms with Crippen LogP contribution in [0.1, 0.15) is 76.3 Å². The molecule has 19 heteroatoms. The first kappa shape index (κ1) is 38.4. The van der Waals surface area contributed by atoms with Crippen LogP contribution in [0.15, 0.2) is 54.9 Å². The molecule has 2 saturated heterocycles. The maximum Gasteiger partial charge on any atom is 0.294 e. The Bertz CT molecular complexity index is 2350. The van der Waals surface area contributed by atoms with Crippen LogP contribution in [0.3, 0.4) is 0 Å². The Morgan fingerprint density at radius 2 is 1.12 bits per heavy atom. The second-order valence-corrected chi connectivity index (χ2v) is 15.4. The lowest BCUT2D eigenvalue weighted by molar-refractivity contribution is -0.384. The second kappa shape index (κ2) is 17.8. The highest BCUT2D eigenvalue weighted by Crippen LogP contribution is 2.34. The molecule has 6 heterocycles. The second-order valence-electron chi connectivity index (χ2n) is 15.4. The number of nitro benzene ring substituents is 1. The van der Waals surface area contributed by atoms with Crippen molar-refractivity contribution in [3.8, 4) is 0 Å². The molecule has 4 aliphatic rings. The average Bonchev–Trinajstić information content (AvgIpc) is 3.92. The van der Waals surface area contributed by atoms with E-state index in [0.717, 1.165) is 68.8 Å². The molecule has 59 heavy (non-hydrogen) atoms. The highest BCUT2D eigenvalue weighted by Gasteiger charge is 2.24. The summed E-state index contributed by atoms with van der Waals surface area (Å²) < 4.78 is 14.7. The molecule has 19 nitrogen and oxygen atoms in total. The minimum absolute atomic E-state index is 0.0434. The van der Waals surface area contributed by atoms with Crippen LogP contribution < -0.4 is 20.4 Å². The summed E-state index contributed by atoms with van der Waals surface area (Å²) in [5, 5.41) is 35.2. The quantitative estimate of drug-likeness (QED) is 0.118. The van der Waals surface area contributed by atoms with Crippen molar-refractivity contribution < 1.29 is 14.4 Å². The lowest BCUT2D eigenvalue weighted by Gasteiger charge is -2.28. The Hall–Kier alpha value is -6.08. The molecule has 2 saturated carbocycles. The van der Waals surface area contributed by atoms with Gasteiger partial charge in [0.25, 0.3) is 5.69 Å². The Morgan fingerprint density at radius 1 is 0.627 bits per heavy atom. The van der Waals surface area contributed by atoms with Crippen molar-refractivity contribution in [2.75, 3.05) is 73.0 Å². The number of anilines is 6. The van der Waals surface area contributed by atoms with Gasteiger partial charge >= 0.3 is 0 Å². The standard InChI is InChI=1S/C20H24N8O3.C20H25N7O/c29-28(30)18-12-14(6-7-17(18)26-8-10-31-11-9-26)22-20-21-13-16-19(23-20)27(25-24-16)15-4-2-1-3-5-15;1-2-4-17(5-3-1)27-19-18(24-25-27)14-21-20(23-19)22-15-6-8-16(9-7-15)26-10-12-28-13-11-26/h6-7,12-13,15H,1-5,8-11H2,(H,21,22,23);6-9,14,17H,1-5,10-13H2,(H,21,22,23). The van der Waals surface area contributed by atoms with E-state index in [1.807, 2.05) is 20.3 Å². The Balaban J connectivity index is 0.000000153. The maximum atomic E-state index is 11.7. The van der Waals surface area contributed by atoms with Gasteiger partial charge < -0.3 is 29.9 Å². The Morgan fingerprint density at radius 3 is 1.64 bits per heavy atom. The minimum atomic E-state index is -0.359. The molecule has 2 N–H and O–H groups in total. The zero-order chi connectivity index (χ0) is 40.0. The monoisotopic (exact) mass is 803 g/mol. The van der Waals surface area contributed by atoms with E-state index in [9.17, 15) is 10.1 Å². The summed E-state index contributed by atoms with van der Waals surface area (Å²) in [6, 6.07) is 14.2. The zero-order valence-electron chi connectivity index (χ0n) is 33.0. The fourth-order valence-electron chi connectivity index (χ4n) is 8.41. The molecule has 4 aromatic heterocycles. The highest BCUT2D eigenvalue weighted by atomic mass is 16.6. The largest absolute Gasteiger partial charge is 0.378 e. The van der Waals surface area contributed by atoms with Crippen LogP contribution in [0, 0.1) is 10.1 Å². The van der Waals surface area contributed by atoms with Crippen molar-refractivity contribution in [1.29, 1.82) is 0 Å². The number of nitrogens with zero attached hydrogens (tertiary/aromatic N) is 13. The first-order chi connectivity index (χ1) is 29.1. The van der Waals surface area contributed by atoms with E-state index >= 15 is 0 Å². The number of nitrogens with one attached hydrogen (secondary N) is 2. The lowest BCUT2D eigenvalue weighted by atomic mass is 9.96. The molecule has 0 bridgehead atoms. The average molecular weight is 804 g/mol. The van der Waals surface area contributed by atoms with Crippen molar-refractivity contribution >= 4 is 62.7 Å². The number of rotatable bonds is 9. The number of hydrogen-bond acceptors (Lipinski definition) is 16. The molecule has 0 radical (unpaired) electrons. The van der Waals surface area contributed by atoms with Crippen LogP contribution in [0.4, 0.5) is 40.3 Å². The van der Waals surface area contributed by atoms with E-state index in [4.69, 9.17) is 14.5 Å². The third kappa shape index (κ3) is 8.85. The van der Waals surface area contributed by atoms with E-state index in [1.165, 1.54) is 50.3 Å². The first-order valence-electron chi connectivity index (χ1n) is 20.8. The summed E-state index contributed by atoms with van der Waals surface area (Å²) in [7, 11) is 0. The number of ether oxygens (including phenoxy) is 2. The van der Waals surface area contributed by atoms with E-state index in [-0.39, 0.29) is 10.6 Å². The van der Waals surface area contributed by atoms with E-state index < -0.39 is 0 Å². The third-order valence-corrected chi connectivity index (χ3v) is 11.6. The van der Waals surface area contributed by atoms with Crippen LogP contribution >= 0.6 is 0 Å². The molecule has 4 fully saturated rings. The lowest BCUT2D eigenvalue weighted by Crippen LogP contribution is -2.36. The summed E-state index contributed by atoms with van der Waals surface area (Å²) >= 11 is 0. The smallest absolute Gasteiger partial charge is 0.294 e. The van der Waals surface area contributed by atoms with Crippen LogP contribution in [-0.2, 0) is 9.47 Å². The van der Waals surface area contributed by atoms with E-state index in [2.05, 4.69) is 75.4 Å². The number of hydrogen-bond donors (Lipinski definition) is 2. The molecule has 2 aromatic carbocycles. The maximum absolute atomic E-state index is 11.7.